The van der Waals surface area contributed by atoms with Crippen molar-refractivity contribution in [3.05, 3.63) is 59.2 Å². The number of hydrogen-bond acceptors (Lipinski definition) is 3. The molecule has 5 nitrogen and oxygen atoms in total. The molecule has 1 atom stereocenters. The fourth-order valence-electron chi connectivity index (χ4n) is 3.18. The SMILES string of the molecule is Cc1c(NS(C)(=O)=O)cccc1C(=O)N1c2ccccc2CC1C. The summed E-state index contributed by atoms with van der Waals surface area (Å²) in [7, 11) is -3.40. The highest BCUT2D eigenvalue weighted by molar-refractivity contribution is 7.92. The van der Waals surface area contributed by atoms with Gasteiger partial charge in [-0.05, 0) is 49.6 Å². The highest BCUT2D eigenvalue weighted by atomic mass is 32.2. The Balaban J connectivity index is 2.01. The van der Waals surface area contributed by atoms with Crippen LogP contribution in [0.5, 0.6) is 0 Å². The summed E-state index contributed by atoms with van der Waals surface area (Å²) in [4.78, 5) is 14.9. The van der Waals surface area contributed by atoms with Crippen LogP contribution < -0.4 is 9.62 Å². The number of fused-ring (bicyclic) bond motifs is 1. The Hall–Kier alpha value is -2.34. The summed E-state index contributed by atoms with van der Waals surface area (Å²) in [6.45, 7) is 3.78. The lowest BCUT2D eigenvalue weighted by atomic mass is 10.1. The first-order valence-corrected chi connectivity index (χ1v) is 9.66. The van der Waals surface area contributed by atoms with Crippen LogP contribution in [0.25, 0.3) is 0 Å². The molecule has 1 aliphatic rings. The summed E-state index contributed by atoms with van der Waals surface area (Å²) in [5.41, 5.74) is 3.65. The third-order valence-corrected chi connectivity index (χ3v) is 4.88. The molecule has 1 amide bonds. The number of anilines is 2. The molecule has 6 heteroatoms. The monoisotopic (exact) mass is 344 g/mol. The number of carbonyl (C=O) groups excluding carboxylic acids is 1. The van der Waals surface area contributed by atoms with Crippen molar-refractivity contribution in [1.29, 1.82) is 0 Å². The van der Waals surface area contributed by atoms with Crippen molar-refractivity contribution in [3.8, 4) is 0 Å². The van der Waals surface area contributed by atoms with Gasteiger partial charge in [-0.3, -0.25) is 9.52 Å². The van der Waals surface area contributed by atoms with Crippen LogP contribution >= 0.6 is 0 Å². The minimum absolute atomic E-state index is 0.0702. The highest BCUT2D eigenvalue weighted by Crippen LogP contribution is 2.34. The van der Waals surface area contributed by atoms with E-state index in [1.807, 2.05) is 31.2 Å². The Labute approximate surface area is 142 Å². The summed E-state index contributed by atoms with van der Waals surface area (Å²) in [5, 5.41) is 0. The third kappa shape index (κ3) is 3.01. The second-order valence-corrected chi connectivity index (χ2v) is 7.96. The predicted molar refractivity (Wildman–Crippen MR) is 96.1 cm³/mol. The number of rotatable bonds is 3. The van der Waals surface area contributed by atoms with Crippen LogP contribution in [0.4, 0.5) is 11.4 Å². The predicted octanol–water partition coefficient (Wildman–Crippen LogP) is 2.96. The van der Waals surface area contributed by atoms with Gasteiger partial charge in [-0.15, -0.1) is 0 Å². The van der Waals surface area contributed by atoms with E-state index in [1.54, 1.807) is 30.0 Å². The lowest BCUT2D eigenvalue weighted by molar-refractivity contribution is 0.0981. The number of benzene rings is 2. The molecule has 0 fully saturated rings. The summed E-state index contributed by atoms with van der Waals surface area (Å²) in [6.07, 6.45) is 1.92. The van der Waals surface area contributed by atoms with E-state index in [4.69, 9.17) is 0 Å². The van der Waals surface area contributed by atoms with Crippen LogP contribution in [0.15, 0.2) is 42.5 Å². The summed E-state index contributed by atoms with van der Waals surface area (Å²) < 4.78 is 25.5. The minimum Gasteiger partial charge on any atom is -0.305 e. The van der Waals surface area contributed by atoms with Gasteiger partial charge in [0.05, 0.1) is 11.9 Å². The van der Waals surface area contributed by atoms with Crippen molar-refractivity contribution in [2.24, 2.45) is 0 Å². The maximum atomic E-state index is 13.1. The van der Waals surface area contributed by atoms with Crippen LogP contribution in [0.3, 0.4) is 0 Å². The smallest absolute Gasteiger partial charge is 0.258 e. The van der Waals surface area contributed by atoms with Crippen LogP contribution in [0, 0.1) is 6.92 Å². The molecule has 0 saturated heterocycles. The summed E-state index contributed by atoms with van der Waals surface area (Å²) >= 11 is 0. The molecule has 1 N–H and O–H groups in total. The largest absolute Gasteiger partial charge is 0.305 e. The molecule has 1 aliphatic heterocycles. The summed E-state index contributed by atoms with van der Waals surface area (Å²) in [6, 6.07) is 13.0. The van der Waals surface area contributed by atoms with Gasteiger partial charge >= 0.3 is 0 Å². The van der Waals surface area contributed by atoms with Crippen molar-refractivity contribution in [2.45, 2.75) is 26.3 Å². The van der Waals surface area contributed by atoms with Crippen LogP contribution in [-0.2, 0) is 16.4 Å². The fourth-order valence-corrected chi connectivity index (χ4v) is 3.80. The molecule has 0 aliphatic carbocycles. The average Bonchev–Trinajstić information content (AvgIpc) is 2.83. The van der Waals surface area contributed by atoms with Crippen LogP contribution in [-0.4, -0.2) is 26.6 Å². The van der Waals surface area contributed by atoms with Crippen molar-refractivity contribution >= 4 is 27.3 Å². The molecule has 0 radical (unpaired) electrons. The number of nitrogens with zero attached hydrogens (tertiary/aromatic N) is 1. The second-order valence-electron chi connectivity index (χ2n) is 6.21. The topological polar surface area (TPSA) is 66.5 Å². The number of sulfonamides is 1. The van der Waals surface area contributed by atoms with Gasteiger partial charge in [-0.2, -0.15) is 0 Å². The molecule has 126 valence electrons. The molecule has 0 bridgehead atoms. The van der Waals surface area contributed by atoms with E-state index in [0.29, 0.717) is 16.8 Å². The Kier molecular flexibility index (Phi) is 4.09. The van der Waals surface area contributed by atoms with Crippen LogP contribution in [0.1, 0.15) is 28.4 Å². The number of hydrogen-bond donors (Lipinski definition) is 1. The van der Waals surface area contributed by atoms with Gasteiger partial charge in [0.2, 0.25) is 10.0 Å². The van der Waals surface area contributed by atoms with E-state index in [0.717, 1.165) is 23.9 Å². The average molecular weight is 344 g/mol. The first-order chi connectivity index (χ1) is 11.3. The van der Waals surface area contributed by atoms with E-state index in [-0.39, 0.29) is 11.9 Å². The highest BCUT2D eigenvalue weighted by Gasteiger charge is 2.32. The van der Waals surface area contributed by atoms with Gasteiger partial charge < -0.3 is 4.90 Å². The molecule has 2 aromatic rings. The van der Waals surface area contributed by atoms with Crippen molar-refractivity contribution in [3.63, 3.8) is 0 Å². The van der Waals surface area contributed by atoms with Crippen LogP contribution in [0.2, 0.25) is 0 Å². The second kappa shape index (κ2) is 5.94. The fraction of sp³-hybridized carbons (Fsp3) is 0.278. The molecular formula is C18H20N2O3S. The van der Waals surface area contributed by atoms with Gasteiger partial charge in [0, 0.05) is 17.3 Å². The third-order valence-electron chi connectivity index (χ3n) is 4.29. The van der Waals surface area contributed by atoms with E-state index >= 15 is 0 Å². The quantitative estimate of drug-likeness (QED) is 0.931. The van der Waals surface area contributed by atoms with Crippen molar-refractivity contribution < 1.29 is 13.2 Å². The van der Waals surface area contributed by atoms with Gasteiger partial charge in [0.15, 0.2) is 0 Å². The Morgan fingerprint density at radius 2 is 1.88 bits per heavy atom. The number of amides is 1. The zero-order chi connectivity index (χ0) is 17.5. The first-order valence-electron chi connectivity index (χ1n) is 7.77. The summed E-state index contributed by atoms with van der Waals surface area (Å²) in [5.74, 6) is -0.109. The number of carbonyl (C=O) groups is 1. The lowest BCUT2D eigenvalue weighted by Gasteiger charge is -2.24. The molecule has 24 heavy (non-hydrogen) atoms. The zero-order valence-electron chi connectivity index (χ0n) is 13.9. The number of nitrogens with one attached hydrogen (secondary N) is 1. The normalized spacial score (nSPS) is 16.8. The zero-order valence-corrected chi connectivity index (χ0v) is 14.7. The maximum absolute atomic E-state index is 13.1. The minimum atomic E-state index is -3.40. The standard InChI is InChI=1S/C18H20N2O3S/c1-12-11-14-7-4-5-10-17(14)20(12)18(21)15-8-6-9-16(13(15)2)19-24(3,22)23/h4-10,12,19H,11H2,1-3H3. The molecule has 0 saturated carbocycles. The van der Waals surface area contributed by atoms with Gasteiger partial charge in [0.25, 0.3) is 5.91 Å². The molecule has 0 aromatic heterocycles. The molecule has 1 unspecified atom stereocenters. The lowest BCUT2D eigenvalue weighted by Crippen LogP contribution is -2.36. The van der Waals surface area contributed by atoms with Gasteiger partial charge in [-0.1, -0.05) is 24.3 Å². The Morgan fingerprint density at radius 3 is 2.58 bits per heavy atom. The van der Waals surface area contributed by atoms with E-state index in [9.17, 15) is 13.2 Å². The number of para-hydroxylation sites is 1. The van der Waals surface area contributed by atoms with Crippen molar-refractivity contribution in [1.82, 2.24) is 0 Å². The van der Waals surface area contributed by atoms with Crippen molar-refractivity contribution in [2.75, 3.05) is 15.9 Å². The molecule has 3 rings (SSSR count). The van der Waals surface area contributed by atoms with Gasteiger partial charge in [0.1, 0.15) is 0 Å². The van der Waals surface area contributed by atoms with E-state index in [2.05, 4.69) is 4.72 Å². The molecule has 2 aromatic carbocycles. The molecule has 1 heterocycles. The van der Waals surface area contributed by atoms with E-state index in [1.165, 1.54) is 0 Å². The first kappa shape index (κ1) is 16.5. The van der Waals surface area contributed by atoms with Gasteiger partial charge in [-0.25, -0.2) is 8.42 Å². The maximum Gasteiger partial charge on any atom is 0.258 e. The molecule has 0 spiro atoms. The Morgan fingerprint density at radius 1 is 1.17 bits per heavy atom. The molecular weight excluding hydrogens is 324 g/mol. The Bertz CT molecular complexity index is 906. The van der Waals surface area contributed by atoms with E-state index < -0.39 is 10.0 Å².